The molecule has 0 heterocycles. The molecule has 0 radical (unpaired) electrons. The highest BCUT2D eigenvalue weighted by atomic mass is 16.1. The molecule has 2 nitrogen and oxygen atoms in total. The van der Waals surface area contributed by atoms with Gasteiger partial charge in [0.2, 0.25) is 5.91 Å². The van der Waals surface area contributed by atoms with Gasteiger partial charge in [-0.1, -0.05) is 12.2 Å². The zero-order valence-electron chi connectivity index (χ0n) is 6.47. The van der Waals surface area contributed by atoms with Crippen LogP contribution in [-0.2, 0) is 4.79 Å². The Hall–Kier alpha value is -0.790. The summed E-state index contributed by atoms with van der Waals surface area (Å²) in [6.45, 7) is 1.99. The fourth-order valence-corrected chi connectivity index (χ4v) is 0.728. The molecule has 0 aromatic rings. The van der Waals surface area contributed by atoms with Crippen molar-refractivity contribution in [2.45, 2.75) is 32.6 Å². The Morgan fingerprint density at radius 1 is 1.50 bits per heavy atom. The second-order valence-electron chi connectivity index (χ2n) is 2.28. The van der Waals surface area contributed by atoms with E-state index < -0.39 is 0 Å². The molecule has 0 aliphatic rings. The van der Waals surface area contributed by atoms with Crippen LogP contribution in [0.2, 0.25) is 0 Å². The molecule has 0 unspecified atom stereocenters. The van der Waals surface area contributed by atoms with Gasteiger partial charge in [-0.15, -0.1) is 0 Å². The summed E-state index contributed by atoms with van der Waals surface area (Å²) in [6.07, 6.45) is 7.68. The van der Waals surface area contributed by atoms with Crippen LogP contribution in [0.25, 0.3) is 0 Å². The SMILES string of the molecule is C/C=C/CCCCC(N)=O. The number of unbranched alkanes of at least 4 members (excludes halogenated alkanes) is 2. The van der Waals surface area contributed by atoms with Crippen LogP contribution in [0.3, 0.4) is 0 Å². The summed E-state index contributed by atoms with van der Waals surface area (Å²) in [5, 5.41) is 0. The van der Waals surface area contributed by atoms with E-state index in [-0.39, 0.29) is 5.91 Å². The third kappa shape index (κ3) is 7.21. The number of carbonyl (C=O) groups excluding carboxylic acids is 1. The number of primary amides is 1. The van der Waals surface area contributed by atoms with Crippen molar-refractivity contribution in [2.24, 2.45) is 5.73 Å². The molecule has 0 spiro atoms. The van der Waals surface area contributed by atoms with Crippen molar-refractivity contribution >= 4 is 5.91 Å². The average Bonchev–Trinajstić information content (AvgIpc) is 1.87. The van der Waals surface area contributed by atoms with Gasteiger partial charge in [0, 0.05) is 6.42 Å². The molecule has 0 aromatic carbocycles. The van der Waals surface area contributed by atoms with Gasteiger partial charge < -0.3 is 5.73 Å². The zero-order chi connectivity index (χ0) is 7.82. The maximum Gasteiger partial charge on any atom is 0.217 e. The van der Waals surface area contributed by atoms with Crippen molar-refractivity contribution in [2.75, 3.05) is 0 Å². The molecule has 0 bridgehead atoms. The summed E-state index contributed by atoms with van der Waals surface area (Å²) >= 11 is 0. The molecule has 0 atom stereocenters. The number of rotatable bonds is 5. The Balaban J connectivity index is 2.98. The van der Waals surface area contributed by atoms with Gasteiger partial charge in [0.1, 0.15) is 0 Å². The lowest BCUT2D eigenvalue weighted by Gasteiger charge is -1.92. The van der Waals surface area contributed by atoms with Crippen molar-refractivity contribution in [1.29, 1.82) is 0 Å². The van der Waals surface area contributed by atoms with Crippen molar-refractivity contribution in [3.05, 3.63) is 12.2 Å². The fraction of sp³-hybridized carbons (Fsp3) is 0.625. The Bertz CT molecular complexity index is 118. The lowest BCUT2D eigenvalue weighted by Crippen LogP contribution is -2.09. The Kier molecular flexibility index (Phi) is 5.83. The van der Waals surface area contributed by atoms with E-state index >= 15 is 0 Å². The predicted molar refractivity (Wildman–Crippen MR) is 42.5 cm³/mol. The summed E-state index contributed by atoms with van der Waals surface area (Å²) in [5.74, 6) is -0.194. The Morgan fingerprint density at radius 3 is 2.70 bits per heavy atom. The normalized spacial score (nSPS) is 10.5. The molecular weight excluding hydrogens is 126 g/mol. The lowest BCUT2D eigenvalue weighted by molar-refractivity contribution is -0.118. The second kappa shape index (κ2) is 6.33. The average molecular weight is 141 g/mol. The molecule has 0 saturated carbocycles. The van der Waals surface area contributed by atoms with E-state index in [1.807, 2.05) is 13.0 Å². The third-order valence-corrected chi connectivity index (χ3v) is 1.28. The zero-order valence-corrected chi connectivity index (χ0v) is 6.47. The van der Waals surface area contributed by atoms with Gasteiger partial charge in [-0.2, -0.15) is 0 Å². The largest absolute Gasteiger partial charge is 0.370 e. The van der Waals surface area contributed by atoms with Gasteiger partial charge in [0.05, 0.1) is 0 Å². The lowest BCUT2D eigenvalue weighted by atomic mass is 10.2. The number of carbonyl (C=O) groups is 1. The van der Waals surface area contributed by atoms with E-state index in [1.54, 1.807) is 0 Å². The molecule has 0 aromatic heterocycles. The van der Waals surface area contributed by atoms with E-state index in [2.05, 4.69) is 6.08 Å². The highest BCUT2D eigenvalue weighted by molar-refractivity contribution is 5.73. The maximum atomic E-state index is 10.2. The van der Waals surface area contributed by atoms with Gasteiger partial charge in [-0.25, -0.2) is 0 Å². The molecule has 58 valence electrons. The molecular formula is C8H15NO. The quantitative estimate of drug-likeness (QED) is 0.458. The number of amides is 1. The van der Waals surface area contributed by atoms with Crippen LogP contribution in [0.15, 0.2) is 12.2 Å². The van der Waals surface area contributed by atoms with Crippen LogP contribution in [0.4, 0.5) is 0 Å². The fourth-order valence-electron chi connectivity index (χ4n) is 0.728. The first-order valence-electron chi connectivity index (χ1n) is 3.67. The van der Waals surface area contributed by atoms with E-state index in [0.717, 1.165) is 19.3 Å². The molecule has 0 rings (SSSR count). The number of hydrogen-bond donors (Lipinski definition) is 1. The number of nitrogens with two attached hydrogens (primary N) is 1. The summed E-state index contributed by atoms with van der Waals surface area (Å²) in [6, 6.07) is 0. The molecule has 10 heavy (non-hydrogen) atoms. The number of hydrogen-bond acceptors (Lipinski definition) is 1. The minimum absolute atomic E-state index is 0.194. The molecule has 2 heteroatoms. The summed E-state index contributed by atoms with van der Waals surface area (Å²) < 4.78 is 0. The molecule has 2 N–H and O–H groups in total. The van der Waals surface area contributed by atoms with Crippen LogP contribution in [0, 0.1) is 0 Å². The molecule has 0 saturated heterocycles. The van der Waals surface area contributed by atoms with Crippen molar-refractivity contribution in [1.82, 2.24) is 0 Å². The first-order valence-corrected chi connectivity index (χ1v) is 3.67. The standard InChI is InChI=1S/C8H15NO/c1-2-3-4-5-6-7-8(9)10/h2-3H,4-7H2,1H3,(H2,9,10)/b3-2+. The minimum Gasteiger partial charge on any atom is -0.370 e. The van der Waals surface area contributed by atoms with E-state index in [9.17, 15) is 4.79 Å². The van der Waals surface area contributed by atoms with Crippen molar-refractivity contribution in [3.8, 4) is 0 Å². The Morgan fingerprint density at radius 2 is 2.20 bits per heavy atom. The number of allylic oxidation sites excluding steroid dienone is 2. The molecule has 0 fully saturated rings. The summed E-state index contributed by atoms with van der Waals surface area (Å²) in [4.78, 5) is 10.2. The predicted octanol–water partition coefficient (Wildman–Crippen LogP) is 1.61. The Labute approximate surface area is 62.1 Å². The molecule has 0 aliphatic heterocycles. The van der Waals surface area contributed by atoms with Crippen molar-refractivity contribution < 1.29 is 4.79 Å². The smallest absolute Gasteiger partial charge is 0.217 e. The van der Waals surface area contributed by atoms with Crippen LogP contribution < -0.4 is 5.73 Å². The van der Waals surface area contributed by atoms with Gasteiger partial charge in [0.15, 0.2) is 0 Å². The van der Waals surface area contributed by atoms with Crippen LogP contribution >= 0.6 is 0 Å². The monoisotopic (exact) mass is 141 g/mol. The summed E-state index contributed by atoms with van der Waals surface area (Å²) in [5.41, 5.74) is 4.95. The minimum atomic E-state index is -0.194. The van der Waals surface area contributed by atoms with Crippen molar-refractivity contribution in [3.63, 3.8) is 0 Å². The first kappa shape index (κ1) is 9.21. The second-order valence-corrected chi connectivity index (χ2v) is 2.28. The molecule has 1 amide bonds. The van der Waals surface area contributed by atoms with Gasteiger partial charge >= 0.3 is 0 Å². The third-order valence-electron chi connectivity index (χ3n) is 1.28. The van der Waals surface area contributed by atoms with Gasteiger partial charge in [-0.3, -0.25) is 4.79 Å². The summed E-state index contributed by atoms with van der Waals surface area (Å²) in [7, 11) is 0. The molecule has 0 aliphatic carbocycles. The van der Waals surface area contributed by atoms with Gasteiger partial charge in [-0.05, 0) is 26.2 Å². The van der Waals surface area contributed by atoms with Crippen LogP contribution in [0.5, 0.6) is 0 Å². The first-order chi connectivity index (χ1) is 4.77. The van der Waals surface area contributed by atoms with E-state index in [0.29, 0.717) is 6.42 Å². The highest BCUT2D eigenvalue weighted by Gasteiger charge is 1.91. The maximum absolute atomic E-state index is 10.2. The van der Waals surface area contributed by atoms with Crippen LogP contribution in [-0.4, -0.2) is 5.91 Å². The topological polar surface area (TPSA) is 43.1 Å². The van der Waals surface area contributed by atoms with Crippen LogP contribution in [0.1, 0.15) is 32.6 Å². The van der Waals surface area contributed by atoms with E-state index in [1.165, 1.54) is 0 Å². The van der Waals surface area contributed by atoms with E-state index in [4.69, 9.17) is 5.73 Å². The highest BCUT2D eigenvalue weighted by Crippen LogP contribution is 1.99. The van der Waals surface area contributed by atoms with Gasteiger partial charge in [0.25, 0.3) is 0 Å².